The largest absolute Gasteiger partial charge is 0.469 e. The van der Waals surface area contributed by atoms with Crippen LogP contribution in [0.3, 0.4) is 0 Å². The van der Waals surface area contributed by atoms with E-state index < -0.39 is 11.6 Å². The molecule has 80 valence electrons. The van der Waals surface area contributed by atoms with Crippen LogP contribution in [-0.4, -0.2) is 13.1 Å². The molecule has 15 heavy (non-hydrogen) atoms. The van der Waals surface area contributed by atoms with Crippen LogP contribution in [0, 0.1) is 17.6 Å². The van der Waals surface area contributed by atoms with E-state index in [0.29, 0.717) is 12.0 Å². The Morgan fingerprint density at radius 2 is 1.93 bits per heavy atom. The Hall–Kier alpha value is -1.45. The summed E-state index contributed by atoms with van der Waals surface area (Å²) in [6.07, 6.45) is 0.607. The summed E-state index contributed by atoms with van der Waals surface area (Å²) >= 11 is 0. The second kappa shape index (κ2) is 3.61. The zero-order valence-corrected chi connectivity index (χ0v) is 8.17. The van der Waals surface area contributed by atoms with Crippen molar-refractivity contribution in [2.24, 2.45) is 5.92 Å². The number of halogens is 2. The van der Waals surface area contributed by atoms with Crippen molar-refractivity contribution in [2.45, 2.75) is 12.3 Å². The van der Waals surface area contributed by atoms with E-state index in [2.05, 4.69) is 4.74 Å². The molecule has 0 aliphatic heterocycles. The van der Waals surface area contributed by atoms with Gasteiger partial charge < -0.3 is 4.74 Å². The van der Waals surface area contributed by atoms with Gasteiger partial charge in [0.1, 0.15) is 11.6 Å². The predicted molar refractivity (Wildman–Crippen MR) is 49.2 cm³/mol. The minimum atomic E-state index is -0.611. The highest BCUT2D eigenvalue weighted by Gasteiger charge is 2.45. The molecule has 1 fully saturated rings. The van der Waals surface area contributed by atoms with E-state index in [4.69, 9.17) is 0 Å². The van der Waals surface area contributed by atoms with Gasteiger partial charge in [-0.2, -0.15) is 0 Å². The average molecular weight is 212 g/mol. The second-order valence-electron chi connectivity index (χ2n) is 3.67. The van der Waals surface area contributed by atoms with E-state index in [1.54, 1.807) is 0 Å². The summed E-state index contributed by atoms with van der Waals surface area (Å²) in [5, 5.41) is 0. The number of carbonyl (C=O) groups excluding carboxylic acids is 1. The van der Waals surface area contributed by atoms with Gasteiger partial charge >= 0.3 is 5.97 Å². The van der Waals surface area contributed by atoms with Gasteiger partial charge in [-0.3, -0.25) is 4.79 Å². The maximum absolute atomic E-state index is 12.9. The molecule has 2 atom stereocenters. The van der Waals surface area contributed by atoms with E-state index in [9.17, 15) is 13.6 Å². The Morgan fingerprint density at radius 3 is 2.47 bits per heavy atom. The third-order valence-corrected chi connectivity index (χ3v) is 2.61. The van der Waals surface area contributed by atoms with Gasteiger partial charge in [0.2, 0.25) is 0 Å². The summed E-state index contributed by atoms with van der Waals surface area (Å²) in [6, 6.07) is 3.34. The first-order valence-corrected chi connectivity index (χ1v) is 4.65. The van der Waals surface area contributed by atoms with Crippen LogP contribution in [-0.2, 0) is 9.53 Å². The zero-order chi connectivity index (χ0) is 11.0. The quantitative estimate of drug-likeness (QED) is 0.703. The van der Waals surface area contributed by atoms with Crippen LogP contribution in [0.2, 0.25) is 0 Å². The smallest absolute Gasteiger partial charge is 0.309 e. The van der Waals surface area contributed by atoms with Crippen LogP contribution < -0.4 is 0 Å². The molecule has 0 amide bonds. The van der Waals surface area contributed by atoms with E-state index in [1.165, 1.54) is 19.2 Å². The third kappa shape index (κ3) is 1.98. The number of esters is 1. The number of hydrogen-bond acceptors (Lipinski definition) is 2. The first-order chi connectivity index (χ1) is 7.11. The van der Waals surface area contributed by atoms with Crippen molar-refractivity contribution in [3.63, 3.8) is 0 Å². The predicted octanol–water partition coefficient (Wildman–Crippen LogP) is 2.24. The Bertz CT molecular complexity index is 383. The van der Waals surface area contributed by atoms with Gasteiger partial charge in [-0.05, 0) is 30.0 Å². The number of ether oxygens (including phenoxy) is 1. The van der Waals surface area contributed by atoms with Gasteiger partial charge in [-0.15, -0.1) is 0 Å². The molecule has 4 heteroatoms. The summed E-state index contributed by atoms with van der Waals surface area (Å²) < 4.78 is 30.3. The van der Waals surface area contributed by atoms with Crippen molar-refractivity contribution in [2.75, 3.05) is 7.11 Å². The molecule has 1 aliphatic carbocycles. The summed E-state index contributed by atoms with van der Waals surface area (Å²) in [6.45, 7) is 0. The van der Waals surface area contributed by atoms with Gasteiger partial charge in [0.25, 0.3) is 0 Å². The fourth-order valence-electron chi connectivity index (χ4n) is 1.76. The molecule has 1 aromatic carbocycles. The lowest BCUT2D eigenvalue weighted by molar-refractivity contribution is -0.142. The Balaban J connectivity index is 2.16. The third-order valence-electron chi connectivity index (χ3n) is 2.61. The van der Waals surface area contributed by atoms with Crippen molar-refractivity contribution < 1.29 is 18.3 Å². The molecule has 0 radical (unpaired) electrons. The molecule has 0 saturated heterocycles. The van der Waals surface area contributed by atoms with Crippen molar-refractivity contribution in [3.05, 3.63) is 35.4 Å². The lowest BCUT2D eigenvalue weighted by Gasteiger charge is -2.00. The highest BCUT2D eigenvalue weighted by molar-refractivity contribution is 5.77. The van der Waals surface area contributed by atoms with Gasteiger partial charge in [-0.25, -0.2) is 8.78 Å². The first kappa shape index (κ1) is 10.1. The monoisotopic (exact) mass is 212 g/mol. The van der Waals surface area contributed by atoms with Crippen LogP contribution >= 0.6 is 0 Å². The fourth-order valence-corrected chi connectivity index (χ4v) is 1.76. The van der Waals surface area contributed by atoms with Crippen molar-refractivity contribution in [3.8, 4) is 0 Å². The number of methoxy groups -OCH3 is 1. The standard InChI is InChI=1S/C11H10F2O2/c1-15-11(14)10-5-9(10)6-2-7(12)4-8(13)3-6/h2-4,9-10H,5H2,1H3/t9-,10+/m1/s1. The highest BCUT2D eigenvalue weighted by atomic mass is 19.1. The number of hydrogen-bond donors (Lipinski definition) is 0. The molecule has 0 bridgehead atoms. The molecule has 2 nitrogen and oxygen atoms in total. The molecule has 1 aliphatic rings. The van der Waals surface area contributed by atoms with E-state index in [0.717, 1.165) is 6.07 Å². The van der Waals surface area contributed by atoms with Gasteiger partial charge in [0, 0.05) is 6.07 Å². The number of carbonyl (C=O) groups is 1. The van der Waals surface area contributed by atoms with Crippen LogP contribution in [0.5, 0.6) is 0 Å². The van der Waals surface area contributed by atoms with E-state index in [1.807, 2.05) is 0 Å². The SMILES string of the molecule is COC(=O)[C@H]1C[C@@H]1c1cc(F)cc(F)c1. The molecule has 0 heterocycles. The van der Waals surface area contributed by atoms with E-state index >= 15 is 0 Å². The summed E-state index contributed by atoms with van der Waals surface area (Å²) in [7, 11) is 1.31. The van der Waals surface area contributed by atoms with Crippen LogP contribution in [0.15, 0.2) is 18.2 Å². The molecule has 0 aromatic heterocycles. The highest BCUT2D eigenvalue weighted by Crippen LogP contribution is 2.48. The summed E-state index contributed by atoms with van der Waals surface area (Å²) in [4.78, 5) is 11.1. The van der Waals surface area contributed by atoms with Crippen LogP contribution in [0.25, 0.3) is 0 Å². The normalized spacial score (nSPS) is 23.7. The van der Waals surface area contributed by atoms with Gasteiger partial charge in [0.15, 0.2) is 0 Å². The van der Waals surface area contributed by atoms with Crippen LogP contribution in [0.4, 0.5) is 8.78 Å². The first-order valence-electron chi connectivity index (χ1n) is 4.65. The van der Waals surface area contributed by atoms with Crippen molar-refractivity contribution >= 4 is 5.97 Å². The summed E-state index contributed by atoms with van der Waals surface area (Å²) in [5.74, 6) is -1.87. The molecular formula is C11H10F2O2. The minimum Gasteiger partial charge on any atom is -0.469 e. The zero-order valence-electron chi connectivity index (χ0n) is 8.17. The van der Waals surface area contributed by atoms with Crippen molar-refractivity contribution in [1.82, 2.24) is 0 Å². The molecular weight excluding hydrogens is 202 g/mol. The van der Waals surface area contributed by atoms with Crippen LogP contribution in [0.1, 0.15) is 17.9 Å². The molecule has 1 aromatic rings. The lowest BCUT2D eigenvalue weighted by Crippen LogP contribution is -2.04. The molecule has 0 N–H and O–H groups in total. The maximum atomic E-state index is 12.9. The number of benzene rings is 1. The topological polar surface area (TPSA) is 26.3 Å². The maximum Gasteiger partial charge on any atom is 0.309 e. The molecule has 0 spiro atoms. The van der Waals surface area contributed by atoms with E-state index in [-0.39, 0.29) is 17.8 Å². The van der Waals surface area contributed by atoms with Gasteiger partial charge in [-0.1, -0.05) is 0 Å². The van der Waals surface area contributed by atoms with Gasteiger partial charge in [0.05, 0.1) is 13.0 Å². The lowest BCUT2D eigenvalue weighted by atomic mass is 10.1. The fraction of sp³-hybridized carbons (Fsp3) is 0.364. The number of rotatable bonds is 2. The minimum absolute atomic E-state index is 0.0948. The van der Waals surface area contributed by atoms with Crippen molar-refractivity contribution in [1.29, 1.82) is 0 Å². The average Bonchev–Trinajstić information content (AvgIpc) is 2.94. The molecule has 1 saturated carbocycles. The summed E-state index contributed by atoms with van der Waals surface area (Å²) in [5.41, 5.74) is 0.530. The Labute approximate surface area is 85.9 Å². The molecule has 0 unspecified atom stereocenters. The Kier molecular flexibility index (Phi) is 2.42. The Morgan fingerprint density at radius 1 is 1.33 bits per heavy atom. The second-order valence-corrected chi connectivity index (χ2v) is 3.67. The molecule has 2 rings (SSSR count).